The highest BCUT2D eigenvalue weighted by Gasteiger charge is 2.29. The average Bonchev–Trinajstić information content (AvgIpc) is 3.19. The molecule has 0 saturated carbocycles. The number of carbonyl (C=O) groups is 2. The quantitative estimate of drug-likeness (QED) is 0.575. The van der Waals surface area contributed by atoms with Gasteiger partial charge < -0.3 is 16.0 Å². The minimum atomic E-state index is -0.728. The van der Waals surface area contributed by atoms with E-state index in [9.17, 15) is 9.59 Å². The van der Waals surface area contributed by atoms with E-state index in [2.05, 4.69) is 20.5 Å². The van der Waals surface area contributed by atoms with Crippen LogP contribution < -0.4 is 11.1 Å². The lowest BCUT2D eigenvalue weighted by atomic mass is 10.0. The first-order valence-electron chi connectivity index (χ1n) is 9.53. The minimum absolute atomic E-state index is 0.121. The Labute approximate surface area is 169 Å². The monoisotopic (exact) mass is 394 g/mol. The second-order valence-corrected chi connectivity index (χ2v) is 7.51. The number of H-pyrrole nitrogens is 1. The molecule has 2 heterocycles. The number of anilines is 2. The van der Waals surface area contributed by atoms with Gasteiger partial charge in [-0.05, 0) is 30.9 Å². The van der Waals surface area contributed by atoms with Crippen LogP contribution in [0.2, 0.25) is 0 Å². The van der Waals surface area contributed by atoms with Gasteiger partial charge in [-0.1, -0.05) is 38.1 Å². The molecule has 0 aliphatic rings. The van der Waals surface area contributed by atoms with Crippen molar-refractivity contribution in [2.75, 3.05) is 11.1 Å². The van der Waals surface area contributed by atoms with Gasteiger partial charge in [-0.3, -0.25) is 14.7 Å². The van der Waals surface area contributed by atoms with Crippen LogP contribution in [0.3, 0.4) is 0 Å². The molecule has 0 bridgehead atoms. The first-order valence-corrected chi connectivity index (χ1v) is 9.53. The Kier molecular flexibility index (Phi) is 5.81. The summed E-state index contributed by atoms with van der Waals surface area (Å²) in [5, 5.41) is 9.96. The average molecular weight is 394 g/mol. The number of aryl methyl sites for hydroxylation is 1. The molecule has 2 aromatic heterocycles. The second-order valence-electron chi connectivity index (χ2n) is 7.51. The number of aromatic amines is 1. The summed E-state index contributed by atoms with van der Waals surface area (Å²) in [6.07, 6.45) is 2.94. The standard InChI is InChI=1S/C21H26N6O2/c1-12(2)14(4)27(11-15-8-6-5-7-13(15)3)21(29)20(28)25-17-10-23-19(22)16-9-24-26-18(16)17/h5-10,12,14H,11H2,1-4H3,(H2,22,23)(H,24,26)(H,25,28)/t14-/m0/s1. The van der Waals surface area contributed by atoms with Gasteiger partial charge in [0.05, 0.1) is 29.0 Å². The molecule has 1 atom stereocenters. The number of hydrogen-bond acceptors (Lipinski definition) is 5. The molecule has 0 saturated heterocycles. The number of fused-ring (bicyclic) bond motifs is 1. The summed E-state index contributed by atoms with van der Waals surface area (Å²) in [5.74, 6) is -0.839. The van der Waals surface area contributed by atoms with Gasteiger partial charge in [0.2, 0.25) is 0 Å². The number of pyridine rings is 1. The molecule has 3 rings (SSSR count). The smallest absolute Gasteiger partial charge is 0.314 e. The molecule has 1 aromatic carbocycles. The summed E-state index contributed by atoms with van der Waals surface area (Å²) in [6, 6.07) is 7.73. The van der Waals surface area contributed by atoms with E-state index in [0.29, 0.717) is 29.0 Å². The number of aromatic nitrogens is 3. The van der Waals surface area contributed by atoms with E-state index in [0.717, 1.165) is 11.1 Å². The van der Waals surface area contributed by atoms with Crippen LogP contribution >= 0.6 is 0 Å². The molecule has 8 nitrogen and oxygen atoms in total. The highest BCUT2D eigenvalue weighted by atomic mass is 16.2. The number of nitrogens with zero attached hydrogens (tertiary/aromatic N) is 3. The lowest BCUT2D eigenvalue weighted by molar-refractivity contribution is -0.145. The number of amides is 2. The molecule has 2 amide bonds. The number of carbonyl (C=O) groups excluding carboxylic acids is 2. The van der Waals surface area contributed by atoms with Crippen molar-refractivity contribution < 1.29 is 9.59 Å². The van der Waals surface area contributed by atoms with Crippen LogP contribution in [0.15, 0.2) is 36.7 Å². The van der Waals surface area contributed by atoms with Gasteiger partial charge in [-0.15, -0.1) is 0 Å². The number of rotatable bonds is 5. The number of hydrogen-bond donors (Lipinski definition) is 3. The maximum atomic E-state index is 13.1. The molecule has 3 aromatic rings. The fourth-order valence-corrected chi connectivity index (χ4v) is 3.09. The zero-order chi connectivity index (χ0) is 21.1. The van der Waals surface area contributed by atoms with E-state index in [4.69, 9.17) is 5.73 Å². The van der Waals surface area contributed by atoms with Gasteiger partial charge in [0, 0.05) is 12.6 Å². The fraction of sp³-hybridized carbons (Fsp3) is 0.333. The van der Waals surface area contributed by atoms with E-state index in [-0.39, 0.29) is 12.0 Å². The number of benzene rings is 1. The van der Waals surface area contributed by atoms with E-state index in [1.54, 1.807) is 4.90 Å². The molecule has 0 unspecified atom stereocenters. The zero-order valence-corrected chi connectivity index (χ0v) is 17.1. The minimum Gasteiger partial charge on any atom is -0.383 e. The highest BCUT2D eigenvalue weighted by molar-refractivity contribution is 6.40. The second kappa shape index (κ2) is 8.30. The topological polar surface area (TPSA) is 117 Å². The van der Waals surface area contributed by atoms with E-state index >= 15 is 0 Å². The van der Waals surface area contributed by atoms with Crippen LogP contribution in [0.1, 0.15) is 31.9 Å². The van der Waals surface area contributed by atoms with Crippen LogP contribution in [0.25, 0.3) is 10.9 Å². The van der Waals surface area contributed by atoms with Crippen LogP contribution in [0, 0.1) is 12.8 Å². The van der Waals surface area contributed by atoms with E-state index in [1.807, 2.05) is 52.0 Å². The van der Waals surface area contributed by atoms with Gasteiger partial charge in [-0.25, -0.2) is 4.98 Å². The summed E-state index contributed by atoms with van der Waals surface area (Å²) in [5.41, 5.74) is 8.79. The normalized spacial score (nSPS) is 12.2. The van der Waals surface area contributed by atoms with Crippen molar-refractivity contribution in [3.63, 3.8) is 0 Å². The zero-order valence-electron chi connectivity index (χ0n) is 17.1. The molecule has 4 N–H and O–H groups in total. The van der Waals surface area contributed by atoms with Gasteiger partial charge in [0.1, 0.15) is 5.82 Å². The number of nitrogens with two attached hydrogens (primary N) is 1. The fourth-order valence-electron chi connectivity index (χ4n) is 3.09. The van der Waals surface area contributed by atoms with E-state index in [1.165, 1.54) is 12.4 Å². The lowest BCUT2D eigenvalue weighted by Crippen LogP contribution is -2.46. The molecule has 0 spiro atoms. The predicted molar refractivity (Wildman–Crippen MR) is 113 cm³/mol. The third-order valence-electron chi connectivity index (χ3n) is 5.28. The number of nitrogens with one attached hydrogen (secondary N) is 2. The van der Waals surface area contributed by atoms with Crippen molar-refractivity contribution in [1.82, 2.24) is 20.1 Å². The molecule has 0 fully saturated rings. The molecule has 29 heavy (non-hydrogen) atoms. The Hall–Kier alpha value is -3.42. The van der Waals surface area contributed by atoms with E-state index < -0.39 is 11.8 Å². The summed E-state index contributed by atoms with van der Waals surface area (Å²) in [4.78, 5) is 31.6. The Morgan fingerprint density at radius 3 is 2.62 bits per heavy atom. The molecule has 0 radical (unpaired) electrons. The molecule has 0 aliphatic heterocycles. The van der Waals surface area contributed by atoms with Crippen LogP contribution in [0.4, 0.5) is 11.5 Å². The van der Waals surface area contributed by atoms with Crippen LogP contribution in [-0.2, 0) is 16.1 Å². The lowest BCUT2D eigenvalue weighted by Gasteiger charge is -2.32. The Morgan fingerprint density at radius 1 is 1.21 bits per heavy atom. The third-order valence-corrected chi connectivity index (χ3v) is 5.28. The maximum Gasteiger partial charge on any atom is 0.314 e. The van der Waals surface area contributed by atoms with Gasteiger partial charge in [0.15, 0.2) is 0 Å². The van der Waals surface area contributed by atoms with Crippen LogP contribution in [0.5, 0.6) is 0 Å². The maximum absolute atomic E-state index is 13.1. The first-order chi connectivity index (χ1) is 13.8. The summed E-state index contributed by atoms with van der Waals surface area (Å²) >= 11 is 0. The number of nitrogen functional groups attached to an aromatic ring is 1. The summed E-state index contributed by atoms with van der Waals surface area (Å²) in [7, 11) is 0. The molecular weight excluding hydrogens is 368 g/mol. The molecule has 152 valence electrons. The van der Waals surface area contributed by atoms with Crippen LogP contribution in [-0.4, -0.2) is 37.9 Å². The highest BCUT2D eigenvalue weighted by Crippen LogP contribution is 2.24. The molecular formula is C21H26N6O2. The van der Waals surface area contributed by atoms with Crippen molar-refractivity contribution >= 4 is 34.2 Å². The summed E-state index contributed by atoms with van der Waals surface area (Å²) < 4.78 is 0. The Bertz CT molecular complexity index is 1040. The van der Waals surface area contributed by atoms with Crippen molar-refractivity contribution in [2.45, 2.75) is 40.3 Å². The Morgan fingerprint density at radius 2 is 1.93 bits per heavy atom. The summed E-state index contributed by atoms with van der Waals surface area (Å²) in [6.45, 7) is 8.36. The SMILES string of the molecule is Cc1ccccc1CN(C(=O)C(=O)Nc1cnc(N)c2cn[nH]c12)[C@@H](C)C(C)C. The van der Waals surface area contributed by atoms with Gasteiger partial charge in [-0.2, -0.15) is 5.10 Å². The van der Waals surface area contributed by atoms with Crippen molar-refractivity contribution in [1.29, 1.82) is 0 Å². The molecule has 8 heteroatoms. The Balaban J connectivity index is 1.86. The third kappa shape index (κ3) is 4.21. The molecule has 0 aliphatic carbocycles. The van der Waals surface area contributed by atoms with Crippen molar-refractivity contribution in [2.24, 2.45) is 5.92 Å². The largest absolute Gasteiger partial charge is 0.383 e. The van der Waals surface area contributed by atoms with Gasteiger partial charge in [0.25, 0.3) is 0 Å². The van der Waals surface area contributed by atoms with Gasteiger partial charge >= 0.3 is 11.8 Å². The van der Waals surface area contributed by atoms with Crippen molar-refractivity contribution in [3.05, 3.63) is 47.8 Å². The predicted octanol–water partition coefficient (Wildman–Crippen LogP) is 2.86. The first kappa shape index (κ1) is 20.3. The van der Waals surface area contributed by atoms with Crippen molar-refractivity contribution in [3.8, 4) is 0 Å².